The van der Waals surface area contributed by atoms with Crippen molar-refractivity contribution in [3.63, 3.8) is 0 Å². The van der Waals surface area contributed by atoms with Crippen LogP contribution in [0.15, 0.2) is 78.3 Å². The number of nitrogens with one attached hydrogen (secondary N) is 1. The van der Waals surface area contributed by atoms with E-state index >= 15 is 0 Å². The molecule has 2 fully saturated rings. The number of hydrogen-bond acceptors (Lipinski definition) is 14. The largest absolute Gasteiger partial charge is 0.353 e. The quantitative estimate of drug-likeness (QED) is 0.0590. The van der Waals surface area contributed by atoms with Gasteiger partial charge in [-0.15, -0.1) is 0 Å². The van der Waals surface area contributed by atoms with Crippen molar-refractivity contribution in [3.8, 4) is 11.4 Å². The Morgan fingerprint density at radius 1 is 0.769 bits per heavy atom. The molecule has 0 bridgehead atoms. The molecular formula is C40H42BBrCl4N8O8S2U. The van der Waals surface area contributed by atoms with Crippen LogP contribution in [0.1, 0.15) is 38.5 Å². The van der Waals surface area contributed by atoms with Gasteiger partial charge in [-0.2, -0.15) is 0 Å². The van der Waals surface area contributed by atoms with E-state index in [0.29, 0.717) is 16.9 Å². The Morgan fingerprint density at radius 3 is 1.77 bits per heavy atom. The third-order valence-electron chi connectivity index (χ3n) is 9.45. The summed E-state index contributed by atoms with van der Waals surface area (Å²) < 4.78 is 30.6. The number of halogens is 5. The Bertz CT molecular complexity index is 2770. The first kappa shape index (κ1) is 53.7. The summed E-state index contributed by atoms with van der Waals surface area (Å²) in [6, 6.07) is 9.51. The van der Waals surface area contributed by atoms with Gasteiger partial charge in [-0.25, -0.2) is 38.7 Å². The number of hydrogen-bond donors (Lipinski definition) is 1. The fraction of sp³-hybridized carbons (Fsp3) is 0.400. The summed E-state index contributed by atoms with van der Waals surface area (Å²) in [6.45, 7) is 2.67. The third kappa shape index (κ3) is 14.0. The van der Waals surface area contributed by atoms with Crippen molar-refractivity contribution in [2.75, 3.05) is 44.3 Å². The molecule has 25 heteroatoms. The van der Waals surface area contributed by atoms with Gasteiger partial charge in [0.05, 0.1) is 51.2 Å². The fourth-order valence-electron chi connectivity index (χ4n) is 6.46. The Balaban J connectivity index is 0.000000236. The van der Waals surface area contributed by atoms with Crippen LogP contribution in [0.2, 0.25) is 20.1 Å². The van der Waals surface area contributed by atoms with Gasteiger partial charge in [0.25, 0.3) is 11.1 Å². The molecule has 1 N–H and O–H groups in total. The van der Waals surface area contributed by atoms with Crippen LogP contribution < -0.4 is 22.5 Å². The van der Waals surface area contributed by atoms with Crippen LogP contribution in [0.3, 0.4) is 0 Å². The van der Waals surface area contributed by atoms with Crippen LogP contribution in [0.4, 0.5) is 0 Å². The molecular weight excluding hydrogens is 1260 g/mol. The summed E-state index contributed by atoms with van der Waals surface area (Å²) in [5.41, 5.74) is -1.77. The number of H-pyrrole nitrogens is 1. The predicted octanol–water partition coefficient (Wildman–Crippen LogP) is 7.29. The molecule has 2 aliphatic rings. The molecule has 0 spiro atoms. The molecule has 2 saturated heterocycles. The van der Waals surface area contributed by atoms with Gasteiger partial charge in [0.2, 0.25) is 0 Å². The summed E-state index contributed by atoms with van der Waals surface area (Å²) in [7, 11) is 3.75. The predicted molar refractivity (Wildman–Crippen MR) is 259 cm³/mol. The second-order valence-corrected chi connectivity index (χ2v) is 17.5. The van der Waals surface area contributed by atoms with Crippen molar-refractivity contribution in [1.82, 2.24) is 38.6 Å². The zero-order valence-electron chi connectivity index (χ0n) is 35.9. The van der Waals surface area contributed by atoms with E-state index in [1.54, 1.807) is 42.7 Å². The number of alkyl halides is 1. The molecule has 6 heterocycles. The van der Waals surface area contributed by atoms with E-state index in [0.717, 1.165) is 53.4 Å². The van der Waals surface area contributed by atoms with Gasteiger partial charge in [-0.1, -0.05) is 98.0 Å². The minimum atomic E-state index is -0.668. The molecule has 0 saturated carbocycles. The zero-order valence-corrected chi connectivity index (χ0v) is 45.3. The maximum atomic E-state index is 13.4. The van der Waals surface area contributed by atoms with Crippen molar-refractivity contribution in [3.05, 3.63) is 111 Å². The Hall–Kier alpha value is -2.22. The van der Waals surface area contributed by atoms with Crippen molar-refractivity contribution in [2.45, 2.75) is 68.0 Å². The third-order valence-corrected chi connectivity index (χ3v) is 12.1. The number of rotatable bonds is 11. The molecule has 6 aromatic rings. The minimum absolute atomic E-state index is 0. The van der Waals surface area contributed by atoms with E-state index in [4.69, 9.17) is 66.7 Å². The molecule has 2 aromatic carbocycles. The second kappa shape index (κ2) is 27.1. The number of fused-ring (bicyclic) bond motifs is 2. The minimum Gasteiger partial charge on any atom is -0.353 e. The Labute approximate surface area is 436 Å². The van der Waals surface area contributed by atoms with Crippen molar-refractivity contribution < 1.29 is 50.1 Å². The van der Waals surface area contributed by atoms with Gasteiger partial charge in [0.1, 0.15) is 10.8 Å². The van der Waals surface area contributed by atoms with Crippen LogP contribution >= 0.6 is 85.9 Å². The maximum Gasteiger partial charge on any atom is 0.337 e. The number of para-hydroxylation sites is 2. The van der Waals surface area contributed by atoms with Crippen LogP contribution in [-0.4, -0.2) is 105 Å². The van der Waals surface area contributed by atoms with Gasteiger partial charge in [0, 0.05) is 70.4 Å². The molecule has 2 radical (unpaired) electrons. The molecule has 65 heavy (non-hydrogen) atoms. The summed E-state index contributed by atoms with van der Waals surface area (Å²) in [5.74, 6) is 0. The van der Waals surface area contributed by atoms with Gasteiger partial charge in [-0.05, 0) is 76.6 Å². The molecule has 344 valence electrons. The van der Waals surface area contributed by atoms with Crippen LogP contribution in [0.25, 0.3) is 33.4 Å². The molecule has 2 aliphatic heterocycles. The van der Waals surface area contributed by atoms with E-state index in [-0.39, 0.29) is 110 Å². The first-order valence-corrected chi connectivity index (χ1v) is 24.6. The van der Waals surface area contributed by atoms with Crippen molar-refractivity contribution in [1.29, 1.82) is 1.34 Å². The number of aromatic nitrogens is 8. The SMILES string of the molecule is BrCCOC1CCCCO1.CSc1ncc2c(=O)n(-c3c(Cl)cccc3Cl)c(=O)[nH]c2n1.CSc1ncc2c(=O)n(-c3c(Cl)cccc3Cl)c(=O)n(CCOC3CCCCO3)c2n1.[2H][B].[U]. The molecule has 8 rings (SSSR count). The van der Waals surface area contributed by atoms with Gasteiger partial charge in [-0.3, -0.25) is 19.1 Å². The van der Waals surface area contributed by atoms with Gasteiger partial charge in [0.15, 0.2) is 34.2 Å². The van der Waals surface area contributed by atoms with Crippen LogP contribution in [0.5, 0.6) is 0 Å². The van der Waals surface area contributed by atoms with Crippen molar-refractivity contribution in [2.24, 2.45) is 0 Å². The number of aromatic amines is 1. The monoisotopic (exact) mass is 1300 g/mol. The van der Waals surface area contributed by atoms with Gasteiger partial charge >= 0.3 is 11.4 Å². The molecule has 2 unspecified atom stereocenters. The second-order valence-electron chi connectivity index (χ2n) is 13.5. The number of nitrogens with zero attached hydrogens (tertiary/aromatic N) is 7. The molecule has 0 aliphatic carbocycles. The summed E-state index contributed by atoms with van der Waals surface area (Å²) >= 11 is 30.7. The maximum absolute atomic E-state index is 13.4. The summed E-state index contributed by atoms with van der Waals surface area (Å²) in [5, 5.41) is 2.92. The Kier molecular flexibility index (Phi) is 22.4. The summed E-state index contributed by atoms with van der Waals surface area (Å²) in [4.78, 5) is 70.9. The van der Waals surface area contributed by atoms with E-state index in [1.165, 1.54) is 53.3 Å². The molecule has 4 aromatic heterocycles. The Morgan fingerprint density at radius 2 is 1.26 bits per heavy atom. The fourth-order valence-corrected chi connectivity index (χ4v) is 8.46. The average molecular weight is 1300 g/mol. The van der Waals surface area contributed by atoms with Crippen LogP contribution in [0, 0.1) is 31.1 Å². The standard InChI is InChI=1S/C20H20Cl2N4O4S.C13H8Cl2N4O2S.C7H13BrO2.BH.U/c1-31-19-23-11-12-17(24-19)25(8-10-30-15-7-2-3-9-29-15)20(28)26(18(12)27)16-13(21)5-4-6-14(16)22;1-22-12-16-5-6-10(17-12)18-13(21)19(11(6)20)9-7(14)3-2-4-8(9)15;8-4-6-10-7-3-1-2-5-9-7;;/h4-6,11,15H,2-3,7-10H2,1H3;2-5H,1H3,(H,16,17,18,21);7H,1-6H2;1H;/i;;;1D;. The normalized spacial score (nSPS) is 15.9. The van der Waals surface area contributed by atoms with Gasteiger partial charge < -0.3 is 18.9 Å². The van der Waals surface area contributed by atoms with E-state index in [9.17, 15) is 19.2 Å². The summed E-state index contributed by atoms with van der Waals surface area (Å²) in [6.07, 6.45) is 12.5. The van der Waals surface area contributed by atoms with Crippen LogP contribution in [-0.2, 0) is 25.5 Å². The molecule has 2 atom stereocenters. The molecule has 0 amide bonds. The number of benzene rings is 2. The first-order valence-electron chi connectivity index (χ1n) is 20.1. The van der Waals surface area contributed by atoms with Crippen molar-refractivity contribution >= 4 is 116 Å². The molecule has 16 nitrogen and oxygen atoms in total. The first-order chi connectivity index (χ1) is 31.5. The van der Waals surface area contributed by atoms with E-state index < -0.39 is 22.5 Å². The average Bonchev–Trinajstić information content (AvgIpc) is 3.32. The van der Waals surface area contributed by atoms with E-state index in [2.05, 4.69) is 49.2 Å². The number of ether oxygens (including phenoxy) is 4. The number of thioether (sulfide) groups is 2. The van der Waals surface area contributed by atoms with E-state index in [1.807, 2.05) is 6.26 Å². The smallest absolute Gasteiger partial charge is 0.337 e. The zero-order chi connectivity index (χ0) is 47.0. The topological polar surface area (TPSA) is 187 Å².